The third-order valence-electron chi connectivity index (χ3n) is 6.49. The third-order valence-corrected chi connectivity index (χ3v) is 6.49. The van der Waals surface area contributed by atoms with E-state index >= 15 is 0 Å². The summed E-state index contributed by atoms with van der Waals surface area (Å²) < 4.78 is 5.76. The molecular weight excluding hydrogens is 503 g/mol. The van der Waals surface area contributed by atoms with Crippen molar-refractivity contribution in [3.05, 3.63) is 24.2 Å². The molecule has 1 aromatic heterocycles. The zero-order chi connectivity index (χ0) is 21.2. The Kier molecular flexibility index (Phi) is 12.2. The van der Waals surface area contributed by atoms with E-state index in [1.54, 1.807) is 6.26 Å². The minimum atomic E-state index is 0. The molecule has 0 aliphatic carbocycles. The van der Waals surface area contributed by atoms with Crippen LogP contribution in [-0.4, -0.2) is 93.2 Å². The number of hydrogen-bond donors (Lipinski definition) is 2. The number of piperidine rings is 1. The summed E-state index contributed by atoms with van der Waals surface area (Å²) in [4.78, 5) is 12.1. The molecular formula is C23H43IN6O. The van der Waals surface area contributed by atoms with Gasteiger partial charge in [-0.3, -0.25) is 9.89 Å². The third kappa shape index (κ3) is 8.55. The van der Waals surface area contributed by atoms with Crippen LogP contribution in [0.1, 0.15) is 44.9 Å². The van der Waals surface area contributed by atoms with Crippen LogP contribution in [0.3, 0.4) is 0 Å². The van der Waals surface area contributed by atoms with Crippen LogP contribution in [0.5, 0.6) is 0 Å². The standard InChI is InChI=1S/C23H42N6O.HI/c1-4-27-12-14-28(15-13-27)19-20(2)17-25-23(24-3)26-18-21(22-9-8-16-30-22)29-10-6-5-7-11-29;/h8-9,16,20-21H,4-7,10-15,17-19H2,1-3H3,(H2,24,25,26);1H. The molecule has 0 radical (unpaired) electrons. The molecule has 0 aromatic carbocycles. The summed E-state index contributed by atoms with van der Waals surface area (Å²) in [7, 11) is 1.85. The SMILES string of the molecule is CCN1CCN(CC(C)CNC(=NC)NCC(c2ccco2)N2CCCCC2)CC1.I. The molecule has 3 heterocycles. The Morgan fingerprint density at radius 3 is 2.32 bits per heavy atom. The smallest absolute Gasteiger partial charge is 0.191 e. The Balaban J connectivity index is 0.00000341. The minimum absolute atomic E-state index is 0. The van der Waals surface area contributed by atoms with E-state index < -0.39 is 0 Å². The van der Waals surface area contributed by atoms with Crippen LogP contribution >= 0.6 is 24.0 Å². The summed E-state index contributed by atoms with van der Waals surface area (Å²) in [6, 6.07) is 4.34. The van der Waals surface area contributed by atoms with Gasteiger partial charge in [0.15, 0.2) is 5.96 Å². The van der Waals surface area contributed by atoms with Crippen molar-refractivity contribution in [2.45, 2.75) is 39.2 Å². The molecule has 2 saturated heterocycles. The van der Waals surface area contributed by atoms with Gasteiger partial charge in [-0.25, -0.2) is 0 Å². The molecule has 2 N–H and O–H groups in total. The van der Waals surface area contributed by atoms with E-state index in [4.69, 9.17) is 4.42 Å². The average molecular weight is 547 g/mol. The highest BCUT2D eigenvalue weighted by Crippen LogP contribution is 2.24. The van der Waals surface area contributed by atoms with Gasteiger partial charge in [-0.15, -0.1) is 24.0 Å². The molecule has 0 spiro atoms. The van der Waals surface area contributed by atoms with Gasteiger partial charge in [-0.1, -0.05) is 20.3 Å². The Hall–Kier alpha value is -0.840. The van der Waals surface area contributed by atoms with Gasteiger partial charge in [-0.05, 0) is 50.5 Å². The van der Waals surface area contributed by atoms with Gasteiger partial charge in [0.25, 0.3) is 0 Å². The first kappa shape index (κ1) is 26.4. The molecule has 2 aliphatic heterocycles. The van der Waals surface area contributed by atoms with Crippen LogP contribution in [-0.2, 0) is 0 Å². The van der Waals surface area contributed by atoms with Gasteiger partial charge in [0.1, 0.15) is 5.76 Å². The zero-order valence-corrected chi connectivity index (χ0v) is 22.0. The maximum absolute atomic E-state index is 5.76. The lowest BCUT2D eigenvalue weighted by Crippen LogP contribution is -2.49. The molecule has 1 aromatic rings. The second-order valence-electron chi connectivity index (χ2n) is 8.80. The summed E-state index contributed by atoms with van der Waals surface area (Å²) in [5.74, 6) is 2.50. The van der Waals surface area contributed by atoms with Gasteiger partial charge >= 0.3 is 0 Å². The summed E-state index contributed by atoms with van der Waals surface area (Å²) in [6.07, 6.45) is 5.66. The van der Waals surface area contributed by atoms with Crippen molar-refractivity contribution in [1.29, 1.82) is 0 Å². The molecule has 2 unspecified atom stereocenters. The maximum Gasteiger partial charge on any atom is 0.191 e. The zero-order valence-electron chi connectivity index (χ0n) is 19.7. The summed E-state index contributed by atoms with van der Waals surface area (Å²) in [5, 5.41) is 7.08. The van der Waals surface area contributed by atoms with E-state index in [1.165, 1.54) is 52.0 Å². The minimum Gasteiger partial charge on any atom is -0.468 e. The molecule has 0 bridgehead atoms. The summed E-state index contributed by atoms with van der Waals surface area (Å²) in [5.41, 5.74) is 0. The maximum atomic E-state index is 5.76. The topological polar surface area (TPSA) is 59.3 Å². The highest BCUT2D eigenvalue weighted by atomic mass is 127. The molecule has 2 atom stereocenters. The fraction of sp³-hybridized carbons (Fsp3) is 0.783. The number of nitrogens with one attached hydrogen (secondary N) is 2. The van der Waals surface area contributed by atoms with Crippen LogP contribution in [0.25, 0.3) is 0 Å². The first-order chi connectivity index (χ1) is 14.7. The number of aliphatic imine (C=N–C) groups is 1. The van der Waals surface area contributed by atoms with Crippen molar-refractivity contribution in [2.75, 3.05) is 72.5 Å². The molecule has 7 nitrogen and oxygen atoms in total. The van der Waals surface area contributed by atoms with Gasteiger partial charge < -0.3 is 24.9 Å². The van der Waals surface area contributed by atoms with E-state index in [-0.39, 0.29) is 30.0 Å². The molecule has 178 valence electrons. The van der Waals surface area contributed by atoms with Crippen LogP contribution in [0.2, 0.25) is 0 Å². The molecule has 3 rings (SSSR count). The van der Waals surface area contributed by atoms with Crippen molar-refractivity contribution in [3.8, 4) is 0 Å². The van der Waals surface area contributed by atoms with E-state index in [2.05, 4.69) is 50.2 Å². The predicted molar refractivity (Wildman–Crippen MR) is 139 cm³/mol. The second-order valence-corrected chi connectivity index (χ2v) is 8.80. The lowest BCUT2D eigenvalue weighted by molar-refractivity contribution is 0.124. The number of guanidine groups is 1. The van der Waals surface area contributed by atoms with E-state index in [9.17, 15) is 0 Å². The number of piperazine rings is 1. The Morgan fingerprint density at radius 2 is 1.71 bits per heavy atom. The molecule has 2 fully saturated rings. The highest BCUT2D eigenvalue weighted by Gasteiger charge is 2.24. The Bertz CT molecular complexity index is 612. The van der Waals surface area contributed by atoms with Crippen molar-refractivity contribution < 1.29 is 4.42 Å². The number of halogens is 1. The number of likely N-dealkylation sites (N-methyl/N-ethyl adjacent to an activating group) is 1. The van der Waals surface area contributed by atoms with E-state index in [1.807, 2.05) is 13.1 Å². The van der Waals surface area contributed by atoms with E-state index in [0.29, 0.717) is 5.92 Å². The van der Waals surface area contributed by atoms with Crippen molar-refractivity contribution in [3.63, 3.8) is 0 Å². The second kappa shape index (κ2) is 14.3. The molecule has 0 amide bonds. The lowest BCUT2D eigenvalue weighted by atomic mass is 10.1. The molecule has 8 heteroatoms. The Morgan fingerprint density at radius 1 is 1.03 bits per heavy atom. The van der Waals surface area contributed by atoms with Gasteiger partial charge in [-0.2, -0.15) is 0 Å². The first-order valence-electron chi connectivity index (χ1n) is 11.9. The van der Waals surface area contributed by atoms with Crippen LogP contribution in [0.15, 0.2) is 27.8 Å². The monoisotopic (exact) mass is 546 g/mol. The van der Waals surface area contributed by atoms with Gasteiger partial charge in [0.05, 0.1) is 12.3 Å². The fourth-order valence-electron chi connectivity index (χ4n) is 4.60. The van der Waals surface area contributed by atoms with Gasteiger partial charge in [0.2, 0.25) is 0 Å². The number of likely N-dealkylation sites (tertiary alicyclic amines) is 1. The number of nitrogens with zero attached hydrogens (tertiary/aromatic N) is 4. The van der Waals surface area contributed by atoms with Crippen LogP contribution in [0.4, 0.5) is 0 Å². The molecule has 0 saturated carbocycles. The largest absolute Gasteiger partial charge is 0.468 e. The molecule has 31 heavy (non-hydrogen) atoms. The van der Waals surface area contributed by atoms with Crippen molar-refractivity contribution >= 4 is 29.9 Å². The lowest BCUT2D eigenvalue weighted by Gasteiger charge is -2.35. The van der Waals surface area contributed by atoms with Crippen molar-refractivity contribution in [1.82, 2.24) is 25.3 Å². The summed E-state index contributed by atoms with van der Waals surface area (Å²) in [6.45, 7) is 15.7. The Labute approximate surface area is 206 Å². The quantitative estimate of drug-likeness (QED) is 0.282. The normalized spacial score (nSPS) is 21.3. The van der Waals surface area contributed by atoms with Gasteiger partial charge in [0, 0.05) is 52.9 Å². The number of rotatable bonds is 9. The van der Waals surface area contributed by atoms with Crippen LogP contribution in [0, 0.1) is 5.92 Å². The van der Waals surface area contributed by atoms with Crippen LogP contribution < -0.4 is 10.6 Å². The first-order valence-corrected chi connectivity index (χ1v) is 11.9. The van der Waals surface area contributed by atoms with E-state index in [0.717, 1.165) is 44.4 Å². The average Bonchev–Trinajstić information content (AvgIpc) is 3.32. The molecule has 2 aliphatic rings. The predicted octanol–water partition coefficient (Wildman–Crippen LogP) is 2.86. The fourth-order valence-corrected chi connectivity index (χ4v) is 4.60. The highest BCUT2D eigenvalue weighted by molar-refractivity contribution is 14.0. The number of hydrogen-bond acceptors (Lipinski definition) is 5. The number of furan rings is 1. The van der Waals surface area contributed by atoms with Crippen molar-refractivity contribution in [2.24, 2.45) is 10.9 Å². The summed E-state index contributed by atoms with van der Waals surface area (Å²) >= 11 is 0.